The quantitative estimate of drug-likeness (QED) is 0.529. The molecule has 0 unspecified atom stereocenters. The van der Waals surface area contributed by atoms with Gasteiger partial charge in [0.1, 0.15) is 0 Å². The summed E-state index contributed by atoms with van der Waals surface area (Å²) >= 11 is 5.56. The lowest BCUT2D eigenvalue weighted by molar-refractivity contribution is 1.86. The Hall–Kier alpha value is -0.750. The van der Waals surface area contributed by atoms with Crippen LogP contribution in [0.25, 0.3) is 0 Å². The van der Waals surface area contributed by atoms with Gasteiger partial charge in [-0.2, -0.15) is 0 Å². The first-order valence-electron chi connectivity index (χ1n) is 2.58. The Labute approximate surface area is 60.8 Å². The average Bonchev–Trinajstić information content (AvgIpc) is 1.89. The zero-order valence-electron chi connectivity index (χ0n) is 5.18. The molecular formula is C8H9Cl. The zero-order valence-corrected chi connectivity index (χ0v) is 5.93. The highest BCUT2D eigenvalue weighted by atomic mass is 35.5. The van der Waals surface area contributed by atoms with Gasteiger partial charge in [-0.15, -0.1) is 0 Å². The first-order chi connectivity index (χ1) is 4.31. The monoisotopic (exact) mass is 140 g/mol. The van der Waals surface area contributed by atoms with Crippen LogP contribution in [-0.4, -0.2) is 0 Å². The molecule has 0 rings (SSSR count). The summed E-state index contributed by atoms with van der Waals surface area (Å²) in [7, 11) is 0. The molecule has 0 N–H and O–H groups in total. The van der Waals surface area contributed by atoms with Gasteiger partial charge in [-0.1, -0.05) is 49.1 Å². The predicted molar refractivity (Wildman–Crippen MR) is 43.5 cm³/mol. The van der Waals surface area contributed by atoms with E-state index in [0.717, 1.165) is 0 Å². The van der Waals surface area contributed by atoms with Crippen LogP contribution in [0.15, 0.2) is 48.6 Å². The Morgan fingerprint density at radius 2 is 1.89 bits per heavy atom. The zero-order chi connectivity index (χ0) is 7.11. The maximum Gasteiger partial charge on any atom is 0.0400 e. The van der Waals surface area contributed by atoms with Crippen LogP contribution in [0.1, 0.15) is 0 Å². The lowest BCUT2D eigenvalue weighted by atomic mass is 10.4. The van der Waals surface area contributed by atoms with Crippen LogP contribution in [0.2, 0.25) is 0 Å². The number of hydrogen-bond donors (Lipinski definition) is 0. The van der Waals surface area contributed by atoms with Gasteiger partial charge in [0, 0.05) is 5.03 Å². The molecule has 0 aromatic carbocycles. The average molecular weight is 141 g/mol. The topological polar surface area (TPSA) is 0 Å². The van der Waals surface area contributed by atoms with Crippen molar-refractivity contribution in [1.29, 1.82) is 0 Å². The lowest BCUT2D eigenvalue weighted by Crippen LogP contribution is -1.56. The molecule has 0 aliphatic rings. The van der Waals surface area contributed by atoms with E-state index in [2.05, 4.69) is 13.2 Å². The van der Waals surface area contributed by atoms with Gasteiger partial charge < -0.3 is 0 Å². The van der Waals surface area contributed by atoms with Crippen LogP contribution in [0.3, 0.4) is 0 Å². The van der Waals surface area contributed by atoms with Crippen LogP contribution < -0.4 is 0 Å². The maximum absolute atomic E-state index is 5.56. The van der Waals surface area contributed by atoms with Crippen molar-refractivity contribution in [2.75, 3.05) is 0 Å². The first kappa shape index (κ1) is 8.25. The van der Waals surface area contributed by atoms with E-state index in [4.69, 9.17) is 11.6 Å². The standard InChI is InChI=1S/C8H9Cl/c1-3-5-6-7-8(9)4-2/h3-7H,1-2H2/b6-5+,8-7+. The Bertz CT molecular complexity index is 152. The molecule has 0 saturated heterocycles. The van der Waals surface area contributed by atoms with Crippen molar-refractivity contribution in [3.63, 3.8) is 0 Å². The third-order valence-corrected chi connectivity index (χ3v) is 0.978. The van der Waals surface area contributed by atoms with E-state index < -0.39 is 0 Å². The summed E-state index contributed by atoms with van der Waals surface area (Å²) in [5.74, 6) is 0. The minimum Gasteiger partial charge on any atom is -0.0991 e. The minimum absolute atomic E-state index is 0.633. The fourth-order valence-corrected chi connectivity index (χ4v) is 0.367. The van der Waals surface area contributed by atoms with E-state index in [1.54, 1.807) is 30.4 Å². The van der Waals surface area contributed by atoms with Crippen molar-refractivity contribution >= 4 is 11.6 Å². The molecule has 0 aromatic rings. The van der Waals surface area contributed by atoms with Gasteiger partial charge in [0.05, 0.1) is 0 Å². The molecule has 0 bridgehead atoms. The molecule has 48 valence electrons. The van der Waals surface area contributed by atoms with E-state index in [1.807, 2.05) is 0 Å². The number of rotatable bonds is 3. The normalized spacial score (nSPS) is 11.9. The van der Waals surface area contributed by atoms with E-state index >= 15 is 0 Å². The molecule has 0 aliphatic heterocycles. The smallest absolute Gasteiger partial charge is 0.0400 e. The predicted octanol–water partition coefficient (Wildman–Crippen LogP) is 3.04. The Kier molecular flexibility index (Phi) is 4.94. The molecule has 0 heterocycles. The highest BCUT2D eigenvalue weighted by Crippen LogP contribution is 2.00. The number of allylic oxidation sites excluding steroid dienone is 6. The van der Waals surface area contributed by atoms with Gasteiger partial charge in [-0.25, -0.2) is 0 Å². The van der Waals surface area contributed by atoms with Crippen LogP contribution in [0, 0.1) is 0 Å². The summed E-state index contributed by atoms with van der Waals surface area (Å²) in [5.41, 5.74) is 0. The maximum atomic E-state index is 5.56. The summed E-state index contributed by atoms with van der Waals surface area (Å²) in [6.07, 6.45) is 8.61. The molecule has 9 heavy (non-hydrogen) atoms. The molecule has 0 atom stereocenters. The van der Waals surface area contributed by atoms with Crippen molar-refractivity contribution in [2.45, 2.75) is 0 Å². The minimum atomic E-state index is 0.633. The molecule has 1 heteroatoms. The Morgan fingerprint density at radius 3 is 2.33 bits per heavy atom. The summed E-state index contributed by atoms with van der Waals surface area (Å²) in [6.45, 7) is 6.98. The van der Waals surface area contributed by atoms with Gasteiger partial charge >= 0.3 is 0 Å². The summed E-state index contributed by atoms with van der Waals surface area (Å²) in [4.78, 5) is 0. The molecule has 0 nitrogen and oxygen atoms in total. The Balaban J connectivity index is 3.81. The first-order valence-corrected chi connectivity index (χ1v) is 2.96. The van der Waals surface area contributed by atoms with Crippen molar-refractivity contribution in [3.05, 3.63) is 48.6 Å². The van der Waals surface area contributed by atoms with Crippen LogP contribution in [0.5, 0.6) is 0 Å². The van der Waals surface area contributed by atoms with E-state index in [-0.39, 0.29) is 0 Å². The van der Waals surface area contributed by atoms with Crippen LogP contribution in [-0.2, 0) is 0 Å². The van der Waals surface area contributed by atoms with Gasteiger partial charge in [-0.05, 0) is 6.08 Å². The molecule has 0 saturated carbocycles. The second kappa shape index (κ2) is 5.39. The summed E-state index contributed by atoms with van der Waals surface area (Å²) in [5, 5.41) is 0.633. The fourth-order valence-electron chi connectivity index (χ4n) is 0.294. The van der Waals surface area contributed by atoms with Gasteiger partial charge in [0.15, 0.2) is 0 Å². The molecule has 0 fully saturated rings. The van der Waals surface area contributed by atoms with Crippen LogP contribution >= 0.6 is 11.6 Å². The molecule has 0 spiro atoms. The van der Waals surface area contributed by atoms with Crippen LogP contribution in [0.4, 0.5) is 0 Å². The fraction of sp³-hybridized carbons (Fsp3) is 0. The van der Waals surface area contributed by atoms with Crippen molar-refractivity contribution in [3.8, 4) is 0 Å². The van der Waals surface area contributed by atoms with Gasteiger partial charge in [0.2, 0.25) is 0 Å². The van der Waals surface area contributed by atoms with Crippen molar-refractivity contribution < 1.29 is 0 Å². The molecule has 0 amide bonds. The van der Waals surface area contributed by atoms with E-state index in [1.165, 1.54) is 0 Å². The Morgan fingerprint density at radius 1 is 1.22 bits per heavy atom. The third-order valence-electron chi connectivity index (χ3n) is 0.698. The van der Waals surface area contributed by atoms with E-state index in [9.17, 15) is 0 Å². The highest BCUT2D eigenvalue weighted by Gasteiger charge is 1.74. The van der Waals surface area contributed by atoms with E-state index in [0.29, 0.717) is 5.03 Å². The molecule has 0 aliphatic carbocycles. The highest BCUT2D eigenvalue weighted by molar-refractivity contribution is 6.31. The number of hydrogen-bond acceptors (Lipinski definition) is 0. The van der Waals surface area contributed by atoms with Gasteiger partial charge in [-0.3, -0.25) is 0 Å². The second-order valence-corrected chi connectivity index (χ2v) is 1.81. The van der Waals surface area contributed by atoms with Crippen molar-refractivity contribution in [1.82, 2.24) is 0 Å². The molecule has 0 aromatic heterocycles. The largest absolute Gasteiger partial charge is 0.0991 e. The lowest BCUT2D eigenvalue weighted by Gasteiger charge is -1.78. The third kappa shape index (κ3) is 5.12. The van der Waals surface area contributed by atoms with Gasteiger partial charge in [0.25, 0.3) is 0 Å². The summed E-state index contributed by atoms with van der Waals surface area (Å²) < 4.78 is 0. The van der Waals surface area contributed by atoms with Crippen molar-refractivity contribution in [2.24, 2.45) is 0 Å². The summed E-state index contributed by atoms with van der Waals surface area (Å²) in [6, 6.07) is 0. The molecule has 0 radical (unpaired) electrons. The molecular weight excluding hydrogens is 132 g/mol. The second-order valence-electron chi connectivity index (χ2n) is 1.38. The SMILES string of the molecule is C=C/C=C/C=C(/Cl)C=C. The number of halogens is 1.